The molecule has 3 nitrogen and oxygen atoms in total. The number of hydrogen-bond donors (Lipinski definition) is 0. The lowest BCUT2D eigenvalue weighted by Crippen LogP contribution is -2.36. The maximum atomic E-state index is 13.1. The Kier molecular flexibility index (Phi) is 3.82. The maximum absolute atomic E-state index is 13.1. The predicted octanol–water partition coefficient (Wildman–Crippen LogP) is 2.53. The van der Waals surface area contributed by atoms with Crippen LogP contribution in [0.25, 0.3) is 0 Å². The molecule has 0 atom stereocenters. The van der Waals surface area contributed by atoms with Crippen LogP contribution in [0.4, 0.5) is 8.78 Å². The quantitative estimate of drug-likeness (QED) is 0.745. The molecule has 0 heterocycles. The number of benzene rings is 1. The summed E-state index contributed by atoms with van der Waals surface area (Å²) >= 11 is 0. The molecule has 16 heavy (non-hydrogen) atoms. The summed E-state index contributed by atoms with van der Waals surface area (Å²) in [6.45, 7) is 3.06. The standard InChI is InChI=1S/C11H12F2O3/c1-3-15-10(14)11(12,13)16-9-6-4-5-8(2)7-9/h4-7H,3H2,1-2H3. The summed E-state index contributed by atoms with van der Waals surface area (Å²) in [7, 11) is 0. The molecule has 0 amide bonds. The number of esters is 1. The highest BCUT2D eigenvalue weighted by molar-refractivity contribution is 5.76. The van der Waals surface area contributed by atoms with Crippen molar-refractivity contribution in [2.45, 2.75) is 20.0 Å². The largest absolute Gasteiger partial charge is 0.502 e. The van der Waals surface area contributed by atoms with E-state index in [2.05, 4.69) is 9.47 Å². The number of carbonyl (C=O) groups excluding carboxylic acids is 1. The molecule has 0 saturated carbocycles. The van der Waals surface area contributed by atoms with Crippen molar-refractivity contribution in [3.8, 4) is 5.75 Å². The summed E-state index contributed by atoms with van der Waals surface area (Å²) in [6, 6.07) is 6.05. The Morgan fingerprint density at radius 1 is 1.44 bits per heavy atom. The molecule has 1 aromatic carbocycles. The molecule has 0 aromatic heterocycles. The van der Waals surface area contributed by atoms with E-state index < -0.39 is 12.1 Å². The molecule has 0 aliphatic carbocycles. The first-order valence-electron chi connectivity index (χ1n) is 4.76. The molecular formula is C11H12F2O3. The van der Waals surface area contributed by atoms with E-state index in [-0.39, 0.29) is 12.4 Å². The second-order valence-electron chi connectivity index (χ2n) is 3.16. The number of alkyl halides is 2. The number of ether oxygens (including phenoxy) is 2. The molecule has 88 valence electrons. The van der Waals surface area contributed by atoms with E-state index in [0.29, 0.717) is 0 Å². The van der Waals surface area contributed by atoms with Crippen molar-refractivity contribution in [1.29, 1.82) is 0 Å². The first-order chi connectivity index (χ1) is 7.45. The number of carbonyl (C=O) groups is 1. The predicted molar refractivity (Wildman–Crippen MR) is 53.4 cm³/mol. The van der Waals surface area contributed by atoms with Crippen LogP contribution in [0.3, 0.4) is 0 Å². The number of hydrogen-bond acceptors (Lipinski definition) is 3. The van der Waals surface area contributed by atoms with Crippen LogP contribution in [0.2, 0.25) is 0 Å². The van der Waals surface area contributed by atoms with Gasteiger partial charge in [-0.2, -0.15) is 8.78 Å². The Hall–Kier alpha value is -1.65. The first kappa shape index (κ1) is 12.4. The molecule has 0 spiro atoms. The molecule has 1 aromatic rings. The van der Waals surface area contributed by atoms with Crippen molar-refractivity contribution < 1.29 is 23.0 Å². The minimum Gasteiger partial charge on any atom is -0.459 e. The van der Waals surface area contributed by atoms with Gasteiger partial charge in [0.1, 0.15) is 5.75 Å². The maximum Gasteiger partial charge on any atom is 0.502 e. The lowest BCUT2D eigenvalue weighted by Gasteiger charge is -2.16. The molecule has 5 heteroatoms. The molecule has 0 radical (unpaired) electrons. The third-order valence-electron chi connectivity index (χ3n) is 1.75. The van der Waals surface area contributed by atoms with Gasteiger partial charge in [0, 0.05) is 0 Å². The lowest BCUT2D eigenvalue weighted by atomic mass is 10.2. The van der Waals surface area contributed by atoms with E-state index >= 15 is 0 Å². The van der Waals surface area contributed by atoms with Crippen molar-refractivity contribution >= 4 is 5.97 Å². The molecule has 1 rings (SSSR count). The highest BCUT2D eigenvalue weighted by atomic mass is 19.3. The Morgan fingerprint density at radius 2 is 2.12 bits per heavy atom. The smallest absolute Gasteiger partial charge is 0.459 e. The van der Waals surface area contributed by atoms with Crippen LogP contribution in [-0.4, -0.2) is 18.7 Å². The average Bonchev–Trinajstić information content (AvgIpc) is 2.17. The zero-order chi connectivity index (χ0) is 12.2. The van der Waals surface area contributed by atoms with E-state index in [4.69, 9.17) is 0 Å². The van der Waals surface area contributed by atoms with Crippen LogP contribution in [0.5, 0.6) is 5.75 Å². The van der Waals surface area contributed by atoms with Gasteiger partial charge in [-0.15, -0.1) is 0 Å². The average molecular weight is 230 g/mol. The van der Waals surface area contributed by atoms with Crippen LogP contribution in [0, 0.1) is 6.92 Å². The highest BCUT2D eigenvalue weighted by Crippen LogP contribution is 2.23. The summed E-state index contributed by atoms with van der Waals surface area (Å²) in [5, 5.41) is 0. The zero-order valence-electron chi connectivity index (χ0n) is 9.00. The van der Waals surface area contributed by atoms with E-state index in [1.807, 2.05) is 0 Å². The van der Waals surface area contributed by atoms with Gasteiger partial charge >= 0.3 is 12.1 Å². The Bertz CT molecular complexity index is 377. The third-order valence-corrected chi connectivity index (χ3v) is 1.75. The van der Waals surface area contributed by atoms with Crippen molar-refractivity contribution in [3.05, 3.63) is 29.8 Å². The first-order valence-corrected chi connectivity index (χ1v) is 4.76. The van der Waals surface area contributed by atoms with Crippen molar-refractivity contribution in [1.82, 2.24) is 0 Å². The van der Waals surface area contributed by atoms with Crippen LogP contribution in [0.1, 0.15) is 12.5 Å². The van der Waals surface area contributed by atoms with E-state index in [9.17, 15) is 13.6 Å². The minimum absolute atomic E-state index is 0.0712. The van der Waals surface area contributed by atoms with E-state index in [0.717, 1.165) is 5.56 Å². The van der Waals surface area contributed by atoms with Crippen LogP contribution in [-0.2, 0) is 9.53 Å². The summed E-state index contributed by atoms with van der Waals surface area (Å²) in [5.74, 6) is -1.76. The van der Waals surface area contributed by atoms with Gasteiger partial charge in [0.2, 0.25) is 0 Å². The van der Waals surface area contributed by atoms with E-state index in [1.165, 1.54) is 19.1 Å². The van der Waals surface area contributed by atoms with Gasteiger partial charge in [0.25, 0.3) is 0 Å². The minimum atomic E-state index is -3.95. The second-order valence-corrected chi connectivity index (χ2v) is 3.16. The van der Waals surface area contributed by atoms with Crippen LogP contribution >= 0.6 is 0 Å². The third kappa shape index (κ3) is 3.18. The van der Waals surface area contributed by atoms with Gasteiger partial charge in [-0.05, 0) is 31.5 Å². The number of aryl methyl sites for hydroxylation is 1. The molecule has 0 saturated heterocycles. The second kappa shape index (κ2) is 4.92. The van der Waals surface area contributed by atoms with Crippen LogP contribution < -0.4 is 4.74 Å². The Balaban J connectivity index is 2.75. The van der Waals surface area contributed by atoms with Gasteiger partial charge in [0.05, 0.1) is 6.61 Å². The van der Waals surface area contributed by atoms with Crippen molar-refractivity contribution in [2.75, 3.05) is 6.61 Å². The molecule has 0 aliphatic rings. The SMILES string of the molecule is CCOC(=O)C(F)(F)Oc1cccc(C)c1. The normalized spacial score (nSPS) is 11.0. The molecule has 0 unspecified atom stereocenters. The number of halogens is 2. The van der Waals surface area contributed by atoms with Crippen molar-refractivity contribution in [3.63, 3.8) is 0 Å². The van der Waals surface area contributed by atoms with Gasteiger partial charge in [-0.3, -0.25) is 0 Å². The monoisotopic (exact) mass is 230 g/mol. The topological polar surface area (TPSA) is 35.5 Å². The van der Waals surface area contributed by atoms with E-state index in [1.54, 1.807) is 19.1 Å². The fourth-order valence-electron chi connectivity index (χ4n) is 1.08. The molecule has 0 N–H and O–H groups in total. The lowest BCUT2D eigenvalue weighted by molar-refractivity contribution is -0.216. The molecule has 0 aliphatic heterocycles. The highest BCUT2D eigenvalue weighted by Gasteiger charge is 2.44. The summed E-state index contributed by atoms with van der Waals surface area (Å²) in [4.78, 5) is 10.9. The van der Waals surface area contributed by atoms with Gasteiger partial charge in [-0.25, -0.2) is 4.79 Å². The van der Waals surface area contributed by atoms with Gasteiger partial charge in [-0.1, -0.05) is 12.1 Å². The van der Waals surface area contributed by atoms with Crippen LogP contribution in [0.15, 0.2) is 24.3 Å². The molecular weight excluding hydrogens is 218 g/mol. The number of rotatable bonds is 4. The summed E-state index contributed by atoms with van der Waals surface area (Å²) in [5.41, 5.74) is 0.761. The fourth-order valence-corrected chi connectivity index (χ4v) is 1.08. The molecule has 0 bridgehead atoms. The van der Waals surface area contributed by atoms with Crippen molar-refractivity contribution in [2.24, 2.45) is 0 Å². The zero-order valence-corrected chi connectivity index (χ0v) is 9.00. The van der Waals surface area contributed by atoms with Gasteiger partial charge in [0.15, 0.2) is 0 Å². The fraction of sp³-hybridized carbons (Fsp3) is 0.364. The Morgan fingerprint density at radius 3 is 2.69 bits per heavy atom. The Labute approximate surface area is 92.0 Å². The van der Waals surface area contributed by atoms with Gasteiger partial charge < -0.3 is 9.47 Å². The summed E-state index contributed by atoms with van der Waals surface area (Å²) in [6.07, 6.45) is -3.95. The molecule has 0 fully saturated rings. The summed E-state index contributed by atoms with van der Waals surface area (Å²) < 4.78 is 34.7.